The average Bonchev–Trinajstić information content (AvgIpc) is 3.65. The zero-order chi connectivity index (χ0) is 28.8. The lowest BCUT2D eigenvalue weighted by Gasteiger charge is -2.33. The number of aliphatic hydroxyl groups excluding tert-OH is 1. The minimum atomic E-state index is -0.621. The Bertz CT molecular complexity index is 1500. The first-order valence-corrected chi connectivity index (χ1v) is 15.3. The molecule has 2 N–H and O–H groups in total. The Balaban J connectivity index is 1.22. The lowest BCUT2D eigenvalue weighted by molar-refractivity contribution is -0.00258. The van der Waals surface area contributed by atoms with Crippen LogP contribution in [0.25, 0.3) is 10.8 Å². The molecule has 0 bridgehead atoms. The molecule has 0 spiro atoms. The highest BCUT2D eigenvalue weighted by Crippen LogP contribution is 2.37. The normalized spacial score (nSPS) is 25.0. The SMILES string of the molecule is Cc1cccc2cccc(N3CCc4c(nc(OC[C@@H]5CCCN5C)nc4N4C[C@H](CC#N)N(C(O)[C@H]5CN5)C4)C3)c12. The summed E-state index contributed by atoms with van der Waals surface area (Å²) in [6.07, 6.45) is 2.85. The van der Waals surface area contributed by atoms with E-state index in [9.17, 15) is 10.4 Å². The molecule has 5 heterocycles. The molecule has 1 aromatic heterocycles. The van der Waals surface area contributed by atoms with Gasteiger partial charge in [-0.3, -0.25) is 4.90 Å². The second kappa shape index (κ2) is 11.3. The van der Waals surface area contributed by atoms with Crippen molar-refractivity contribution in [3.63, 3.8) is 0 Å². The predicted octanol–water partition coefficient (Wildman–Crippen LogP) is 2.63. The van der Waals surface area contributed by atoms with Crippen LogP contribution in [0.3, 0.4) is 0 Å². The number of hydrogen-bond donors (Lipinski definition) is 2. The van der Waals surface area contributed by atoms with Gasteiger partial charge in [0.05, 0.1) is 37.4 Å². The molecule has 3 aromatic rings. The van der Waals surface area contributed by atoms with Crippen LogP contribution in [-0.4, -0.2) is 95.7 Å². The van der Waals surface area contributed by atoms with E-state index in [0.717, 1.165) is 49.6 Å². The molecule has 1 unspecified atom stereocenters. The summed E-state index contributed by atoms with van der Waals surface area (Å²) in [6.45, 7) is 7.32. The quantitative estimate of drug-likeness (QED) is 0.393. The maximum Gasteiger partial charge on any atom is 0.318 e. The summed E-state index contributed by atoms with van der Waals surface area (Å²) in [6, 6.07) is 16.1. The second-order valence-electron chi connectivity index (χ2n) is 12.3. The van der Waals surface area contributed by atoms with Gasteiger partial charge >= 0.3 is 6.01 Å². The number of benzene rings is 2. The zero-order valence-electron chi connectivity index (χ0n) is 24.5. The largest absolute Gasteiger partial charge is 0.462 e. The van der Waals surface area contributed by atoms with Crippen LogP contribution in [0.5, 0.6) is 6.01 Å². The van der Waals surface area contributed by atoms with Crippen molar-refractivity contribution < 1.29 is 9.84 Å². The standard InChI is InChI=1S/C32H40N8O2/c1-21-6-3-7-22-8-4-10-28(29(21)22)38-15-12-25-27(18-38)35-32(42-19-24-9-5-14-37(24)2)36-30(25)39-17-23(11-13-33)40(20-39)31(41)26-16-34-26/h3-4,6-8,10,23-24,26,31,34,41H,5,9,11-12,14-20H2,1-2H3/t23-,24-,26+,31?/m0/s1. The number of aryl methyl sites for hydroxylation is 1. The van der Waals surface area contributed by atoms with Crippen LogP contribution in [0.15, 0.2) is 36.4 Å². The molecular formula is C32H40N8O2. The van der Waals surface area contributed by atoms with Gasteiger partial charge in [-0.2, -0.15) is 15.2 Å². The Labute approximate surface area is 247 Å². The third-order valence-corrected chi connectivity index (χ3v) is 9.53. The van der Waals surface area contributed by atoms with Crippen molar-refractivity contribution >= 4 is 22.3 Å². The van der Waals surface area contributed by atoms with Gasteiger partial charge in [-0.15, -0.1) is 0 Å². The molecule has 0 saturated carbocycles. The van der Waals surface area contributed by atoms with Gasteiger partial charge < -0.3 is 29.9 Å². The monoisotopic (exact) mass is 568 g/mol. The zero-order valence-corrected chi connectivity index (χ0v) is 24.5. The predicted molar refractivity (Wildman–Crippen MR) is 162 cm³/mol. The van der Waals surface area contributed by atoms with E-state index in [1.54, 1.807) is 0 Å². The highest BCUT2D eigenvalue weighted by Gasteiger charge is 2.42. The Hall–Kier alpha value is -3.49. The van der Waals surface area contributed by atoms with E-state index in [2.05, 4.69) is 76.5 Å². The number of nitrogens with zero attached hydrogens (tertiary/aromatic N) is 7. The van der Waals surface area contributed by atoms with Crippen LogP contribution in [0.4, 0.5) is 11.5 Å². The van der Waals surface area contributed by atoms with Gasteiger partial charge in [0.1, 0.15) is 18.7 Å². The maximum atomic E-state index is 11.0. The number of aromatic nitrogens is 2. The molecule has 220 valence electrons. The fourth-order valence-electron chi connectivity index (χ4n) is 7.03. The summed E-state index contributed by atoms with van der Waals surface area (Å²) in [5, 5.41) is 26.3. The number of aliphatic hydroxyl groups is 1. The van der Waals surface area contributed by atoms with Gasteiger partial charge in [0.2, 0.25) is 0 Å². The second-order valence-corrected chi connectivity index (χ2v) is 12.3. The van der Waals surface area contributed by atoms with Gasteiger partial charge in [0.25, 0.3) is 0 Å². The number of nitriles is 1. The minimum Gasteiger partial charge on any atom is -0.462 e. The van der Waals surface area contributed by atoms with Crippen molar-refractivity contribution in [3.8, 4) is 12.1 Å². The third kappa shape index (κ3) is 5.15. The Morgan fingerprint density at radius 3 is 2.74 bits per heavy atom. The number of fused-ring (bicyclic) bond motifs is 2. The summed E-state index contributed by atoms with van der Waals surface area (Å²) in [7, 11) is 2.15. The molecule has 0 radical (unpaired) electrons. The van der Waals surface area contributed by atoms with Crippen LogP contribution < -0.4 is 19.9 Å². The molecule has 0 aliphatic carbocycles. The summed E-state index contributed by atoms with van der Waals surface area (Å²) in [5.41, 5.74) is 4.63. The van der Waals surface area contributed by atoms with Gasteiger partial charge in [-0.1, -0.05) is 30.3 Å². The van der Waals surface area contributed by atoms with E-state index < -0.39 is 6.23 Å². The number of hydrogen-bond acceptors (Lipinski definition) is 10. The van der Waals surface area contributed by atoms with Crippen molar-refractivity contribution in [2.45, 2.75) is 63.5 Å². The summed E-state index contributed by atoms with van der Waals surface area (Å²) in [5.74, 6) is 0.880. The van der Waals surface area contributed by atoms with E-state index in [-0.39, 0.29) is 12.1 Å². The Morgan fingerprint density at radius 2 is 1.98 bits per heavy atom. The van der Waals surface area contributed by atoms with Crippen molar-refractivity contribution in [2.24, 2.45) is 0 Å². The van der Waals surface area contributed by atoms with Crippen molar-refractivity contribution in [3.05, 3.63) is 53.2 Å². The fourth-order valence-corrected chi connectivity index (χ4v) is 7.03. The first kappa shape index (κ1) is 27.3. The van der Waals surface area contributed by atoms with Gasteiger partial charge in [0, 0.05) is 48.4 Å². The van der Waals surface area contributed by atoms with Gasteiger partial charge in [-0.05, 0) is 56.8 Å². The molecule has 0 amide bonds. The van der Waals surface area contributed by atoms with E-state index >= 15 is 0 Å². The molecular weight excluding hydrogens is 528 g/mol. The number of ether oxygens (including phenoxy) is 1. The smallest absolute Gasteiger partial charge is 0.318 e. The number of anilines is 2. The summed E-state index contributed by atoms with van der Waals surface area (Å²) in [4.78, 5) is 19.1. The lowest BCUT2D eigenvalue weighted by atomic mass is 10.00. The van der Waals surface area contributed by atoms with Crippen LogP contribution in [0, 0.1) is 18.3 Å². The van der Waals surface area contributed by atoms with Crippen LogP contribution in [0.2, 0.25) is 0 Å². The Kier molecular flexibility index (Phi) is 7.36. The molecule has 7 rings (SSSR count). The summed E-state index contributed by atoms with van der Waals surface area (Å²) < 4.78 is 6.32. The van der Waals surface area contributed by atoms with Crippen molar-refractivity contribution in [1.82, 2.24) is 25.1 Å². The number of likely N-dealkylation sites (tertiary alicyclic amines) is 1. The van der Waals surface area contributed by atoms with Crippen molar-refractivity contribution in [2.75, 3.05) is 56.3 Å². The van der Waals surface area contributed by atoms with Crippen LogP contribution in [0.1, 0.15) is 36.1 Å². The van der Waals surface area contributed by atoms with E-state index in [1.807, 2.05) is 4.90 Å². The van der Waals surface area contributed by atoms with E-state index in [4.69, 9.17) is 14.7 Å². The highest BCUT2D eigenvalue weighted by molar-refractivity contribution is 5.97. The topological polar surface area (TPSA) is 114 Å². The number of nitrogens with one attached hydrogen (secondary N) is 1. The fraction of sp³-hybridized carbons (Fsp3) is 0.531. The first-order chi connectivity index (χ1) is 20.5. The summed E-state index contributed by atoms with van der Waals surface area (Å²) >= 11 is 0. The average molecular weight is 569 g/mol. The van der Waals surface area contributed by atoms with E-state index in [1.165, 1.54) is 28.4 Å². The first-order valence-electron chi connectivity index (χ1n) is 15.3. The van der Waals surface area contributed by atoms with E-state index in [0.29, 0.717) is 44.8 Å². The molecule has 3 saturated heterocycles. The lowest BCUT2D eigenvalue weighted by Crippen LogP contribution is -2.44. The van der Waals surface area contributed by atoms with Crippen molar-refractivity contribution in [1.29, 1.82) is 5.26 Å². The van der Waals surface area contributed by atoms with Crippen LogP contribution in [-0.2, 0) is 13.0 Å². The van der Waals surface area contributed by atoms with Gasteiger partial charge in [0.15, 0.2) is 0 Å². The molecule has 4 aliphatic heterocycles. The molecule has 10 heteroatoms. The molecule has 4 atom stereocenters. The van der Waals surface area contributed by atoms with Crippen LogP contribution >= 0.6 is 0 Å². The Morgan fingerprint density at radius 1 is 1.14 bits per heavy atom. The number of likely N-dealkylation sites (N-methyl/N-ethyl adjacent to an activating group) is 1. The molecule has 42 heavy (non-hydrogen) atoms. The minimum absolute atomic E-state index is 0.0606. The maximum absolute atomic E-state index is 11.0. The molecule has 10 nitrogen and oxygen atoms in total. The van der Waals surface area contributed by atoms with Gasteiger partial charge in [-0.25, -0.2) is 0 Å². The highest BCUT2D eigenvalue weighted by atomic mass is 16.5. The molecule has 2 aromatic carbocycles. The third-order valence-electron chi connectivity index (χ3n) is 9.53. The molecule has 3 fully saturated rings. The molecule has 4 aliphatic rings. The number of rotatable bonds is 8.